The molecule has 0 radical (unpaired) electrons. The van der Waals surface area contributed by atoms with E-state index in [0.717, 1.165) is 24.8 Å². The number of ether oxygens (including phenoxy) is 1. The molecule has 210 valence electrons. The summed E-state index contributed by atoms with van der Waals surface area (Å²) in [5.74, 6) is -1.40. The summed E-state index contributed by atoms with van der Waals surface area (Å²) in [4.78, 5) is 26.7. The van der Waals surface area contributed by atoms with E-state index >= 15 is 0 Å². The minimum absolute atomic E-state index is 0.0998. The zero-order valence-electron chi connectivity index (χ0n) is 23.4. The van der Waals surface area contributed by atoms with E-state index in [1.165, 1.54) is 0 Å². The number of benzene rings is 1. The lowest BCUT2D eigenvalue weighted by Gasteiger charge is -2.63. The third-order valence-corrected chi connectivity index (χ3v) is 11.3. The zero-order valence-corrected chi connectivity index (χ0v) is 23.4. The van der Waals surface area contributed by atoms with E-state index in [2.05, 4.69) is 27.4 Å². The van der Waals surface area contributed by atoms with Crippen molar-refractivity contribution >= 4 is 24.3 Å². The van der Waals surface area contributed by atoms with Gasteiger partial charge in [-0.2, -0.15) is 0 Å². The number of carboxylic acid groups (broad SMARTS) is 1. The molecule has 2 bridgehead atoms. The summed E-state index contributed by atoms with van der Waals surface area (Å²) in [6.07, 6.45) is 4.85. The van der Waals surface area contributed by atoms with Gasteiger partial charge in [0.05, 0.1) is 12.7 Å². The zero-order chi connectivity index (χ0) is 28.3. The molecule has 7 nitrogen and oxygen atoms in total. The smallest absolute Gasteiger partial charge is 0.478 e. The van der Waals surface area contributed by atoms with Crippen LogP contribution in [0.1, 0.15) is 65.4 Å². The summed E-state index contributed by atoms with van der Waals surface area (Å²) in [6.45, 7) is 12.7. The van der Waals surface area contributed by atoms with Crippen molar-refractivity contribution in [3.05, 3.63) is 48.6 Å². The fraction of sp³-hybridized carbons (Fsp3) is 0.613. The van der Waals surface area contributed by atoms with Crippen molar-refractivity contribution in [3.63, 3.8) is 0 Å². The van der Waals surface area contributed by atoms with Crippen LogP contribution in [-0.2, 0) is 14.2 Å². The Bertz CT molecular complexity index is 1180. The minimum atomic E-state index is -1.23. The number of rotatable bonds is 6. The van der Waals surface area contributed by atoms with Gasteiger partial charge >= 0.3 is 13.1 Å². The van der Waals surface area contributed by atoms with Crippen LogP contribution in [0.25, 0.3) is 5.47 Å². The first-order valence-electron chi connectivity index (χ1n) is 14.2. The molecule has 0 saturated heterocycles. The standard InChI is InChI=1S/C31H41BO7/c1-6-29(4)17-22(25(28(35)36)39-21-9-7-20(8-10-21)23-13-16-38-32(23)37)30(5)18(2)11-14-31(19(3)27(29)34)15-12-24(33)26(30)31/h6-10,13,18-19,22,25-27,34,37H,1,11-12,14-17H2,2-5H3,(H,35,36)/t18-,19+,22+,25?,26+,27+,29-,30-,31+/m1/s1. The highest BCUT2D eigenvalue weighted by atomic mass is 16.5. The molecule has 3 saturated carbocycles. The fourth-order valence-electron chi connectivity index (χ4n) is 8.77. The second-order valence-corrected chi connectivity index (χ2v) is 12.9. The van der Waals surface area contributed by atoms with Crippen LogP contribution in [0.3, 0.4) is 0 Å². The Balaban J connectivity index is 1.58. The largest absolute Gasteiger partial charge is 0.491 e. The van der Waals surface area contributed by atoms with Crippen LogP contribution in [0.2, 0.25) is 0 Å². The van der Waals surface area contributed by atoms with Crippen LogP contribution < -0.4 is 4.74 Å². The lowest BCUT2D eigenvalue weighted by molar-refractivity contribution is -0.193. The van der Waals surface area contributed by atoms with Crippen LogP contribution in [0.4, 0.5) is 0 Å². The molecular formula is C31H41BO7. The van der Waals surface area contributed by atoms with Crippen molar-refractivity contribution in [3.8, 4) is 5.75 Å². The molecule has 3 aliphatic carbocycles. The third-order valence-electron chi connectivity index (χ3n) is 11.3. The highest BCUT2D eigenvalue weighted by Crippen LogP contribution is 2.69. The lowest BCUT2D eigenvalue weighted by atomic mass is 9.41. The van der Waals surface area contributed by atoms with Gasteiger partial charge in [-0.3, -0.25) is 4.79 Å². The SMILES string of the molecule is C=C[C@]1(C)C[C@@H](C(Oc2ccc(C3=CCOB3O)cc2)C(=O)O)[C@@]2(C)[C@H](C)CC[C@]3(CCC(=O)[C@H]32)[C@@H](C)[C@@H]1O. The van der Waals surface area contributed by atoms with E-state index in [9.17, 15) is 24.8 Å². The number of carboxylic acids is 1. The Morgan fingerprint density at radius 2 is 1.92 bits per heavy atom. The maximum atomic E-state index is 13.7. The molecule has 9 atom stereocenters. The molecule has 3 N–H and O–H groups in total. The Morgan fingerprint density at radius 3 is 2.51 bits per heavy atom. The second-order valence-electron chi connectivity index (χ2n) is 12.9. The molecule has 8 heteroatoms. The third kappa shape index (κ3) is 4.21. The van der Waals surface area contributed by atoms with Crippen molar-refractivity contribution in [2.45, 2.75) is 72.0 Å². The molecule has 3 fully saturated rings. The van der Waals surface area contributed by atoms with Gasteiger partial charge in [0.15, 0.2) is 6.10 Å². The molecule has 1 aromatic rings. The first-order chi connectivity index (χ1) is 18.4. The fourth-order valence-corrected chi connectivity index (χ4v) is 8.77. The van der Waals surface area contributed by atoms with Gasteiger partial charge in [-0.15, -0.1) is 6.58 Å². The van der Waals surface area contributed by atoms with Gasteiger partial charge in [0.2, 0.25) is 0 Å². The van der Waals surface area contributed by atoms with Crippen LogP contribution in [-0.4, -0.2) is 52.9 Å². The number of aliphatic hydroxyl groups excluding tert-OH is 1. The minimum Gasteiger partial charge on any atom is -0.478 e. The highest BCUT2D eigenvalue weighted by Gasteiger charge is 2.68. The molecule has 1 unspecified atom stereocenters. The highest BCUT2D eigenvalue weighted by molar-refractivity contribution is 6.67. The number of ketones is 1. The molecule has 0 aromatic heterocycles. The maximum Gasteiger partial charge on any atom is 0.491 e. The van der Waals surface area contributed by atoms with E-state index in [1.807, 2.05) is 13.0 Å². The summed E-state index contributed by atoms with van der Waals surface area (Å²) in [6, 6.07) is 6.99. The molecule has 0 spiro atoms. The predicted molar refractivity (Wildman–Crippen MR) is 149 cm³/mol. The van der Waals surface area contributed by atoms with Crippen molar-refractivity contribution in [1.82, 2.24) is 0 Å². The van der Waals surface area contributed by atoms with Gasteiger partial charge in [0.25, 0.3) is 0 Å². The molecule has 39 heavy (non-hydrogen) atoms. The number of hydrogen-bond donors (Lipinski definition) is 3. The average Bonchev–Trinajstić information content (AvgIpc) is 3.50. The number of carbonyl (C=O) groups is 2. The van der Waals surface area contributed by atoms with E-state index in [4.69, 9.17) is 9.39 Å². The van der Waals surface area contributed by atoms with Gasteiger partial charge in [0.1, 0.15) is 11.5 Å². The topological polar surface area (TPSA) is 113 Å². The summed E-state index contributed by atoms with van der Waals surface area (Å²) < 4.78 is 11.5. The Labute approximate surface area is 231 Å². The molecular weight excluding hydrogens is 495 g/mol. The molecule has 0 amide bonds. The Hall–Kier alpha value is -2.42. The van der Waals surface area contributed by atoms with Crippen molar-refractivity contribution in [2.24, 2.45) is 39.9 Å². The van der Waals surface area contributed by atoms with Crippen LogP contribution in [0.5, 0.6) is 5.75 Å². The Morgan fingerprint density at radius 1 is 1.23 bits per heavy atom. The molecule has 5 rings (SSSR count). The number of carbonyl (C=O) groups excluding carboxylic acids is 1. The molecule has 4 aliphatic rings. The summed E-state index contributed by atoms with van der Waals surface area (Å²) in [7, 11) is -0.985. The van der Waals surface area contributed by atoms with Crippen molar-refractivity contribution in [1.29, 1.82) is 0 Å². The lowest BCUT2D eigenvalue weighted by Crippen LogP contribution is -2.63. The van der Waals surface area contributed by atoms with Gasteiger partial charge in [0, 0.05) is 23.7 Å². The van der Waals surface area contributed by atoms with Gasteiger partial charge in [-0.25, -0.2) is 4.79 Å². The van der Waals surface area contributed by atoms with Crippen molar-refractivity contribution < 1.29 is 34.2 Å². The number of Topliss-reactive ketones (excluding diaryl/α,β-unsaturated/α-hetero) is 1. The summed E-state index contributed by atoms with van der Waals surface area (Å²) in [5, 5.41) is 32.4. The van der Waals surface area contributed by atoms with E-state index in [0.29, 0.717) is 30.7 Å². The van der Waals surface area contributed by atoms with Crippen LogP contribution >= 0.6 is 0 Å². The second kappa shape index (κ2) is 9.90. The summed E-state index contributed by atoms with van der Waals surface area (Å²) in [5.41, 5.74) is -0.318. The van der Waals surface area contributed by atoms with Crippen molar-refractivity contribution in [2.75, 3.05) is 6.61 Å². The number of hydrogen-bond acceptors (Lipinski definition) is 6. The molecule has 1 aliphatic heterocycles. The normalized spacial score (nSPS) is 40.8. The van der Waals surface area contributed by atoms with E-state index in [-0.39, 0.29) is 29.0 Å². The summed E-state index contributed by atoms with van der Waals surface area (Å²) >= 11 is 0. The van der Waals surface area contributed by atoms with Gasteiger partial charge in [-0.1, -0.05) is 52.0 Å². The van der Waals surface area contributed by atoms with Crippen LogP contribution in [0, 0.1) is 39.9 Å². The van der Waals surface area contributed by atoms with Gasteiger partial charge < -0.3 is 24.6 Å². The van der Waals surface area contributed by atoms with E-state index < -0.39 is 42.0 Å². The first-order valence-corrected chi connectivity index (χ1v) is 14.2. The molecule has 1 aromatic carbocycles. The van der Waals surface area contributed by atoms with Gasteiger partial charge in [-0.05, 0) is 71.5 Å². The number of aliphatic carboxylic acids is 1. The monoisotopic (exact) mass is 536 g/mol. The number of aliphatic hydroxyl groups is 1. The molecule has 1 heterocycles. The van der Waals surface area contributed by atoms with Crippen LogP contribution in [0.15, 0.2) is 43.0 Å². The Kier molecular flexibility index (Phi) is 7.14. The average molecular weight is 536 g/mol. The predicted octanol–water partition coefficient (Wildman–Crippen LogP) is 4.56. The maximum absolute atomic E-state index is 13.7. The quantitative estimate of drug-likeness (QED) is 0.361. The first kappa shape index (κ1) is 28.1. The van der Waals surface area contributed by atoms with E-state index in [1.54, 1.807) is 30.3 Å².